The summed E-state index contributed by atoms with van der Waals surface area (Å²) in [4.78, 5) is 24.4. The van der Waals surface area contributed by atoms with Crippen molar-refractivity contribution < 1.29 is 32.2 Å². The molecule has 1 heterocycles. The van der Waals surface area contributed by atoms with E-state index in [2.05, 4.69) is 10.1 Å². The van der Waals surface area contributed by atoms with Crippen molar-refractivity contribution in [3.05, 3.63) is 76.0 Å². The van der Waals surface area contributed by atoms with E-state index in [0.717, 1.165) is 16.7 Å². The molecule has 0 unspecified atom stereocenters. The van der Waals surface area contributed by atoms with E-state index in [1.54, 1.807) is 18.4 Å². The Morgan fingerprint density at radius 3 is 2.27 bits per heavy atom. The predicted octanol–water partition coefficient (Wildman–Crippen LogP) is 5.74. The van der Waals surface area contributed by atoms with E-state index < -0.39 is 6.36 Å². The van der Waals surface area contributed by atoms with Crippen molar-refractivity contribution in [3.63, 3.8) is 0 Å². The second-order valence-electron chi connectivity index (χ2n) is 7.08. The first-order valence-electron chi connectivity index (χ1n) is 10.2. The largest absolute Gasteiger partial charge is 0.573 e. The van der Waals surface area contributed by atoms with Crippen molar-refractivity contribution in [2.75, 3.05) is 6.61 Å². The highest BCUT2D eigenvalue weighted by Crippen LogP contribution is 2.29. The third-order valence-electron chi connectivity index (χ3n) is 4.64. The highest BCUT2D eigenvalue weighted by atomic mass is 32.1. The van der Waals surface area contributed by atoms with Gasteiger partial charge in [0.25, 0.3) is 5.91 Å². The molecule has 0 aliphatic heterocycles. The van der Waals surface area contributed by atoms with E-state index in [9.17, 15) is 22.8 Å². The molecule has 0 radical (unpaired) electrons. The lowest BCUT2D eigenvalue weighted by atomic mass is 10.1. The van der Waals surface area contributed by atoms with Crippen molar-refractivity contribution in [1.29, 1.82) is 0 Å². The van der Waals surface area contributed by atoms with Crippen LogP contribution >= 0.6 is 11.3 Å². The molecule has 0 spiro atoms. The van der Waals surface area contributed by atoms with Gasteiger partial charge in [-0.15, -0.1) is 24.5 Å². The summed E-state index contributed by atoms with van der Waals surface area (Å²) in [5, 5.41) is 4.62. The third kappa shape index (κ3) is 7.64. The Bertz CT molecular complexity index is 1080. The molecule has 174 valence electrons. The van der Waals surface area contributed by atoms with Crippen molar-refractivity contribution in [3.8, 4) is 16.9 Å². The molecule has 1 N–H and O–H groups in total. The number of carbonyl (C=O) groups excluding carboxylic acids is 2. The quantitative estimate of drug-likeness (QED) is 0.399. The molecule has 5 nitrogen and oxygen atoms in total. The first kappa shape index (κ1) is 24.3. The van der Waals surface area contributed by atoms with Gasteiger partial charge in [0.05, 0.1) is 11.5 Å². The predicted molar refractivity (Wildman–Crippen MR) is 119 cm³/mol. The minimum Gasteiger partial charge on any atom is -0.466 e. The van der Waals surface area contributed by atoms with Crippen LogP contribution in [0.3, 0.4) is 0 Å². The Labute approximate surface area is 193 Å². The van der Waals surface area contributed by atoms with E-state index in [1.165, 1.54) is 35.6 Å². The van der Waals surface area contributed by atoms with Crippen LogP contribution in [0.15, 0.2) is 60.0 Å². The second kappa shape index (κ2) is 11.0. The maximum absolute atomic E-state index is 12.5. The van der Waals surface area contributed by atoms with Gasteiger partial charge in [-0.05, 0) is 59.2 Å². The molecule has 0 fully saturated rings. The summed E-state index contributed by atoms with van der Waals surface area (Å²) in [6, 6.07) is 14.8. The second-order valence-corrected chi connectivity index (χ2v) is 7.99. The molecule has 3 rings (SSSR count). The van der Waals surface area contributed by atoms with Gasteiger partial charge in [0.2, 0.25) is 0 Å². The smallest absolute Gasteiger partial charge is 0.466 e. The SMILES string of the molecule is CCOC(=O)CCc1ccc(CNC(=O)c2cc(-c3ccc(OC(F)(F)F)cc3)cs2)cc1. The van der Waals surface area contributed by atoms with Gasteiger partial charge in [0.15, 0.2) is 0 Å². The summed E-state index contributed by atoms with van der Waals surface area (Å²) in [7, 11) is 0. The Morgan fingerprint density at radius 2 is 1.64 bits per heavy atom. The molecule has 3 aromatic rings. The van der Waals surface area contributed by atoms with Gasteiger partial charge in [-0.2, -0.15) is 0 Å². The fraction of sp³-hybridized carbons (Fsp3) is 0.250. The fourth-order valence-electron chi connectivity index (χ4n) is 3.03. The van der Waals surface area contributed by atoms with Crippen LogP contribution in [0.4, 0.5) is 13.2 Å². The maximum atomic E-state index is 12.5. The summed E-state index contributed by atoms with van der Waals surface area (Å²) in [5.41, 5.74) is 3.33. The molecule has 9 heteroatoms. The first-order valence-corrected chi connectivity index (χ1v) is 11.1. The summed E-state index contributed by atoms with van der Waals surface area (Å²) in [6.07, 6.45) is -3.83. The molecule has 1 aromatic heterocycles. The van der Waals surface area contributed by atoms with Crippen LogP contribution in [0.1, 0.15) is 34.1 Å². The van der Waals surface area contributed by atoms with Gasteiger partial charge >= 0.3 is 12.3 Å². The summed E-state index contributed by atoms with van der Waals surface area (Å²) < 4.78 is 45.6. The Hall–Kier alpha value is -3.33. The fourth-order valence-corrected chi connectivity index (χ4v) is 3.86. The van der Waals surface area contributed by atoms with E-state index in [0.29, 0.717) is 36.4 Å². The average Bonchev–Trinajstić information content (AvgIpc) is 3.27. The highest BCUT2D eigenvalue weighted by molar-refractivity contribution is 7.12. The summed E-state index contributed by atoms with van der Waals surface area (Å²) in [5.74, 6) is -0.768. The van der Waals surface area contributed by atoms with Crippen LogP contribution in [-0.2, 0) is 22.5 Å². The lowest BCUT2D eigenvalue weighted by molar-refractivity contribution is -0.274. The van der Waals surface area contributed by atoms with Gasteiger partial charge in [0, 0.05) is 13.0 Å². The molecule has 0 bridgehead atoms. The normalized spacial score (nSPS) is 11.2. The molecular formula is C24H22F3NO4S. The summed E-state index contributed by atoms with van der Waals surface area (Å²) in [6.45, 7) is 2.48. The number of ether oxygens (including phenoxy) is 2. The van der Waals surface area contributed by atoms with Crippen molar-refractivity contribution >= 4 is 23.2 Å². The molecule has 0 saturated heterocycles. The topological polar surface area (TPSA) is 64.6 Å². The van der Waals surface area contributed by atoms with Crippen LogP contribution < -0.4 is 10.1 Å². The number of nitrogens with one attached hydrogen (secondary N) is 1. The minimum atomic E-state index is -4.74. The lowest BCUT2D eigenvalue weighted by Gasteiger charge is -2.08. The number of thiophene rings is 1. The van der Waals surface area contributed by atoms with Gasteiger partial charge in [0.1, 0.15) is 5.75 Å². The zero-order chi connectivity index (χ0) is 23.8. The molecular weight excluding hydrogens is 455 g/mol. The molecule has 33 heavy (non-hydrogen) atoms. The molecule has 0 saturated carbocycles. The number of esters is 1. The average molecular weight is 478 g/mol. The minimum absolute atomic E-state index is 0.227. The maximum Gasteiger partial charge on any atom is 0.573 e. The number of benzene rings is 2. The van der Waals surface area contributed by atoms with E-state index >= 15 is 0 Å². The van der Waals surface area contributed by atoms with E-state index in [-0.39, 0.29) is 17.6 Å². The van der Waals surface area contributed by atoms with E-state index in [1.807, 2.05) is 24.3 Å². The third-order valence-corrected chi connectivity index (χ3v) is 5.57. The highest BCUT2D eigenvalue weighted by Gasteiger charge is 2.31. The Morgan fingerprint density at radius 1 is 0.970 bits per heavy atom. The number of amides is 1. The lowest BCUT2D eigenvalue weighted by Crippen LogP contribution is -2.21. The molecule has 0 aliphatic rings. The van der Waals surface area contributed by atoms with Crippen molar-refractivity contribution in [2.24, 2.45) is 0 Å². The van der Waals surface area contributed by atoms with Crippen LogP contribution in [0.5, 0.6) is 5.75 Å². The first-order chi connectivity index (χ1) is 15.7. The molecule has 0 aliphatic carbocycles. The Balaban J connectivity index is 1.52. The van der Waals surface area contributed by atoms with Crippen molar-refractivity contribution in [2.45, 2.75) is 32.7 Å². The van der Waals surface area contributed by atoms with Crippen LogP contribution in [-0.4, -0.2) is 24.8 Å². The van der Waals surface area contributed by atoms with Gasteiger partial charge in [-0.1, -0.05) is 36.4 Å². The van der Waals surface area contributed by atoms with Crippen molar-refractivity contribution in [1.82, 2.24) is 5.32 Å². The van der Waals surface area contributed by atoms with Gasteiger partial charge in [-0.3, -0.25) is 9.59 Å². The number of aryl methyl sites for hydroxylation is 1. The number of rotatable bonds is 9. The molecule has 0 atom stereocenters. The zero-order valence-corrected chi connectivity index (χ0v) is 18.6. The number of hydrogen-bond acceptors (Lipinski definition) is 5. The number of alkyl halides is 3. The number of halogens is 3. The standard InChI is InChI=1S/C24H22F3NO4S/c1-2-31-22(29)12-7-16-3-5-17(6-4-16)14-28-23(30)21-13-19(15-33-21)18-8-10-20(11-9-18)32-24(25,26)27/h3-6,8-11,13,15H,2,7,12,14H2,1H3,(H,28,30). The van der Waals surface area contributed by atoms with Crippen LogP contribution in [0.2, 0.25) is 0 Å². The molecule has 1 amide bonds. The van der Waals surface area contributed by atoms with Crippen LogP contribution in [0.25, 0.3) is 11.1 Å². The number of carbonyl (C=O) groups is 2. The van der Waals surface area contributed by atoms with Gasteiger partial charge in [-0.25, -0.2) is 0 Å². The zero-order valence-electron chi connectivity index (χ0n) is 17.8. The number of hydrogen-bond donors (Lipinski definition) is 1. The van der Waals surface area contributed by atoms with E-state index in [4.69, 9.17) is 4.74 Å². The Kier molecular flexibility index (Phi) is 8.11. The van der Waals surface area contributed by atoms with Crippen LogP contribution in [0, 0.1) is 0 Å². The van der Waals surface area contributed by atoms with Gasteiger partial charge < -0.3 is 14.8 Å². The summed E-state index contributed by atoms with van der Waals surface area (Å²) >= 11 is 1.25. The monoisotopic (exact) mass is 477 g/mol. The molecule has 2 aromatic carbocycles.